The molecule has 1 N–H and O–H groups in total. The van der Waals surface area contributed by atoms with E-state index in [2.05, 4.69) is 16.4 Å². The average Bonchev–Trinajstić information content (AvgIpc) is 1.77. The minimum Gasteiger partial charge on any atom is -0.274 e. The van der Waals surface area contributed by atoms with Gasteiger partial charge in [-0.3, -0.25) is 5.43 Å². The van der Waals surface area contributed by atoms with Crippen LogP contribution in [0.25, 0.3) is 0 Å². The van der Waals surface area contributed by atoms with Crippen LogP contribution >= 0.6 is 0 Å². The van der Waals surface area contributed by atoms with Gasteiger partial charge in [-0.05, 0) is 19.4 Å². The number of hydrazone groups is 1. The van der Waals surface area contributed by atoms with Gasteiger partial charge in [-0.2, -0.15) is 0 Å². The van der Waals surface area contributed by atoms with Gasteiger partial charge in [0.15, 0.2) is 0 Å². The van der Waals surface area contributed by atoms with Crippen molar-refractivity contribution in [3.8, 4) is 0 Å². The molecule has 0 aromatic rings. The van der Waals surface area contributed by atoms with Crippen molar-refractivity contribution in [2.45, 2.75) is 13.8 Å². The van der Waals surface area contributed by atoms with Gasteiger partial charge in [0, 0.05) is 17.6 Å². The number of rotatable bonds is 0. The van der Waals surface area contributed by atoms with E-state index in [1.165, 1.54) is 5.57 Å². The number of hydrogen-bond acceptors (Lipinski definition) is 2. The molecule has 0 amide bonds. The van der Waals surface area contributed by atoms with E-state index < -0.39 is 0 Å². The zero-order valence-electron chi connectivity index (χ0n) is 5.02. The third kappa shape index (κ3) is 0.796. The second-order valence-corrected chi connectivity index (χ2v) is 1.81. The molecule has 0 saturated carbocycles. The minimum absolute atomic E-state index is 1.10. The molecule has 1 heterocycles. The van der Waals surface area contributed by atoms with E-state index >= 15 is 0 Å². The predicted octanol–water partition coefficient (Wildman–Crippen LogP) is 1.02. The number of allylic oxidation sites excluding steroid dienone is 3. The zero-order chi connectivity index (χ0) is 5.98. The fraction of sp³-hybridized carbons (Fsp3) is 0.333. The molecule has 0 spiro atoms. The standard InChI is InChI=1S/C6H8N2/c1-5-3-4-7-8-6(5)2/h3,8H,1-2H3. The van der Waals surface area contributed by atoms with Crippen molar-refractivity contribution in [3.63, 3.8) is 0 Å². The van der Waals surface area contributed by atoms with Gasteiger partial charge in [-0.1, -0.05) is 0 Å². The summed E-state index contributed by atoms with van der Waals surface area (Å²) in [5.74, 6) is 2.70. The normalized spacial score (nSPS) is 16.8. The molecule has 8 heavy (non-hydrogen) atoms. The topological polar surface area (TPSA) is 24.4 Å². The van der Waals surface area contributed by atoms with Gasteiger partial charge in [0.05, 0.1) is 0 Å². The molecule has 0 bridgehead atoms. The van der Waals surface area contributed by atoms with Crippen LogP contribution in [0.5, 0.6) is 0 Å². The molecule has 2 nitrogen and oxygen atoms in total. The second kappa shape index (κ2) is 1.85. The van der Waals surface area contributed by atoms with Crippen LogP contribution in [0, 0.1) is 0 Å². The summed E-state index contributed by atoms with van der Waals surface area (Å²) in [6.07, 6.45) is 1.85. The van der Waals surface area contributed by atoms with Crippen LogP contribution < -0.4 is 5.43 Å². The Hall–Kier alpha value is -1.01. The zero-order valence-corrected chi connectivity index (χ0v) is 5.02. The largest absolute Gasteiger partial charge is 0.274 e. The first-order valence-electron chi connectivity index (χ1n) is 2.52. The van der Waals surface area contributed by atoms with Gasteiger partial charge in [0.25, 0.3) is 0 Å². The Labute approximate surface area is 48.6 Å². The summed E-state index contributed by atoms with van der Waals surface area (Å²) in [6.45, 7) is 4.00. The van der Waals surface area contributed by atoms with Gasteiger partial charge in [0.1, 0.15) is 0 Å². The van der Waals surface area contributed by atoms with E-state index in [-0.39, 0.29) is 0 Å². The van der Waals surface area contributed by atoms with Gasteiger partial charge in [-0.25, -0.2) is 0 Å². The summed E-state index contributed by atoms with van der Waals surface area (Å²) in [7, 11) is 0. The number of hydrogen-bond donors (Lipinski definition) is 1. The Bertz CT molecular complexity index is 183. The molecule has 0 aliphatic carbocycles. The van der Waals surface area contributed by atoms with Gasteiger partial charge >= 0.3 is 0 Å². The molecule has 1 aliphatic heterocycles. The maximum absolute atomic E-state index is 3.70. The molecule has 0 aromatic carbocycles. The first-order chi connectivity index (χ1) is 3.80. The highest BCUT2D eigenvalue weighted by atomic mass is 15.3. The molecule has 1 rings (SSSR count). The lowest BCUT2D eigenvalue weighted by Crippen LogP contribution is -2.05. The van der Waals surface area contributed by atoms with Crippen molar-refractivity contribution >= 4 is 5.87 Å². The summed E-state index contributed by atoms with van der Waals surface area (Å²) in [4.78, 5) is 0. The van der Waals surface area contributed by atoms with Crippen LogP contribution in [0.2, 0.25) is 0 Å². The van der Waals surface area contributed by atoms with Crippen LogP contribution in [0.4, 0.5) is 0 Å². The number of nitrogens with one attached hydrogen (secondary N) is 1. The summed E-state index contributed by atoms with van der Waals surface area (Å²) < 4.78 is 0. The minimum atomic E-state index is 1.10. The molecule has 0 saturated heterocycles. The lowest BCUT2D eigenvalue weighted by atomic mass is 10.2. The Morgan fingerprint density at radius 1 is 1.62 bits per heavy atom. The highest BCUT2D eigenvalue weighted by Crippen LogP contribution is 2.01. The Morgan fingerprint density at radius 3 is 2.75 bits per heavy atom. The molecule has 0 atom stereocenters. The first kappa shape index (κ1) is 5.13. The van der Waals surface area contributed by atoms with Crippen LogP contribution in [-0.4, -0.2) is 5.87 Å². The van der Waals surface area contributed by atoms with E-state index in [9.17, 15) is 0 Å². The summed E-state index contributed by atoms with van der Waals surface area (Å²) in [5, 5.41) is 3.70. The van der Waals surface area contributed by atoms with Gasteiger partial charge < -0.3 is 0 Å². The van der Waals surface area contributed by atoms with Gasteiger partial charge in [0.2, 0.25) is 0 Å². The molecule has 42 valence electrons. The van der Waals surface area contributed by atoms with Crippen molar-refractivity contribution in [2.24, 2.45) is 5.10 Å². The van der Waals surface area contributed by atoms with Crippen molar-refractivity contribution in [2.75, 3.05) is 0 Å². The molecule has 0 fully saturated rings. The maximum Gasteiger partial charge on any atom is 0.0348 e. The lowest BCUT2D eigenvalue weighted by molar-refractivity contribution is 0.874. The van der Waals surface area contributed by atoms with Crippen LogP contribution in [-0.2, 0) is 0 Å². The molecule has 2 heteroatoms. The highest BCUT2D eigenvalue weighted by molar-refractivity contribution is 5.59. The average molecular weight is 108 g/mol. The van der Waals surface area contributed by atoms with E-state index in [1.807, 2.05) is 19.9 Å². The SMILES string of the molecule is CC1=C(C)NN=C=C1. The molecule has 0 unspecified atom stereocenters. The van der Waals surface area contributed by atoms with Crippen LogP contribution in [0.1, 0.15) is 13.8 Å². The quantitative estimate of drug-likeness (QED) is 0.492. The first-order valence-corrected chi connectivity index (χ1v) is 2.52. The highest BCUT2D eigenvalue weighted by Gasteiger charge is 1.92. The van der Waals surface area contributed by atoms with E-state index in [0.717, 1.165) is 5.70 Å². The van der Waals surface area contributed by atoms with Gasteiger partial charge in [-0.15, -0.1) is 5.10 Å². The molecule has 0 aromatic heterocycles. The molecular weight excluding hydrogens is 100 g/mol. The third-order valence-electron chi connectivity index (χ3n) is 1.16. The lowest BCUT2D eigenvalue weighted by Gasteiger charge is -2.02. The Morgan fingerprint density at radius 2 is 2.38 bits per heavy atom. The fourth-order valence-corrected chi connectivity index (χ4v) is 0.442. The van der Waals surface area contributed by atoms with E-state index in [4.69, 9.17) is 0 Å². The Balaban J connectivity index is 2.93. The van der Waals surface area contributed by atoms with Crippen molar-refractivity contribution < 1.29 is 0 Å². The maximum atomic E-state index is 3.70. The van der Waals surface area contributed by atoms with Crippen molar-refractivity contribution in [1.29, 1.82) is 0 Å². The Kier molecular flexibility index (Phi) is 1.18. The fourth-order valence-electron chi connectivity index (χ4n) is 0.442. The van der Waals surface area contributed by atoms with Crippen molar-refractivity contribution in [1.82, 2.24) is 5.43 Å². The van der Waals surface area contributed by atoms with Crippen LogP contribution in [0.3, 0.4) is 0 Å². The predicted molar refractivity (Wildman–Crippen MR) is 33.5 cm³/mol. The summed E-state index contributed by atoms with van der Waals surface area (Å²) in [5.41, 5.74) is 5.09. The summed E-state index contributed by atoms with van der Waals surface area (Å²) in [6, 6.07) is 0. The monoisotopic (exact) mass is 108 g/mol. The van der Waals surface area contributed by atoms with E-state index in [1.54, 1.807) is 0 Å². The molecule has 1 aliphatic rings. The van der Waals surface area contributed by atoms with Crippen molar-refractivity contribution in [3.05, 3.63) is 17.3 Å². The number of nitrogens with zero attached hydrogens (tertiary/aromatic N) is 1. The molecular formula is C6H8N2. The second-order valence-electron chi connectivity index (χ2n) is 1.81. The molecule has 0 radical (unpaired) electrons. The van der Waals surface area contributed by atoms with E-state index in [0.29, 0.717) is 0 Å². The third-order valence-corrected chi connectivity index (χ3v) is 1.16. The smallest absolute Gasteiger partial charge is 0.0348 e. The van der Waals surface area contributed by atoms with Crippen LogP contribution in [0.15, 0.2) is 22.4 Å². The summed E-state index contributed by atoms with van der Waals surface area (Å²) >= 11 is 0.